The van der Waals surface area contributed by atoms with E-state index in [0.29, 0.717) is 0 Å². The van der Waals surface area contributed by atoms with Crippen LogP contribution < -0.4 is 0 Å². The van der Waals surface area contributed by atoms with Gasteiger partial charge in [0, 0.05) is 24.2 Å². The molecule has 20 heavy (non-hydrogen) atoms. The molecule has 0 spiro atoms. The highest BCUT2D eigenvalue weighted by Gasteiger charge is 2.26. The fourth-order valence-electron chi connectivity index (χ4n) is 1.64. The minimum Gasteiger partial charge on any atom is -0.465 e. The average Bonchev–Trinajstić information content (AvgIpc) is 2.17. The molecule has 0 saturated carbocycles. The van der Waals surface area contributed by atoms with Crippen LogP contribution in [0.5, 0.6) is 0 Å². The predicted molar refractivity (Wildman–Crippen MR) is 78.1 cm³/mol. The maximum absolute atomic E-state index is 11.1. The lowest BCUT2D eigenvalue weighted by Gasteiger charge is -2.33. The topological polar surface area (TPSA) is 81.1 Å². The number of rotatable bonds is 4. The highest BCUT2D eigenvalue weighted by Crippen LogP contribution is 2.14. The Morgan fingerprint density at radius 3 is 1.20 bits per heavy atom. The number of hydrogen-bond acceptors (Lipinski definition) is 2. The molecule has 0 bridgehead atoms. The molecular weight excluding hydrogens is 260 g/mol. The van der Waals surface area contributed by atoms with Crippen molar-refractivity contribution in [3.63, 3.8) is 0 Å². The lowest BCUT2D eigenvalue weighted by Crippen LogP contribution is -2.45. The van der Waals surface area contributed by atoms with E-state index >= 15 is 0 Å². The van der Waals surface area contributed by atoms with Crippen molar-refractivity contribution in [3.8, 4) is 0 Å². The molecule has 0 aliphatic heterocycles. The van der Waals surface area contributed by atoms with E-state index in [9.17, 15) is 9.59 Å². The number of hydrogen-bond donors (Lipinski definition) is 2. The Kier molecular flexibility index (Phi) is 6.06. The highest BCUT2D eigenvalue weighted by molar-refractivity contribution is 5.66. The van der Waals surface area contributed by atoms with Gasteiger partial charge in [0.1, 0.15) is 0 Å². The molecule has 2 amide bonds. The summed E-state index contributed by atoms with van der Waals surface area (Å²) >= 11 is 0. The van der Waals surface area contributed by atoms with Gasteiger partial charge in [0.25, 0.3) is 0 Å². The first-order valence-corrected chi connectivity index (χ1v) is 6.53. The van der Waals surface area contributed by atoms with Crippen molar-refractivity contribution in [3.05, 3.63) is 12.2 Å². The minimum atomic E-state index is -0.993. The van der Waals surface area contributed by atoms with Gasteiger partial charge in [-0.05, 0) is 41.5 Å². The number of amides is 2. The van der Waals surface area contributed by atoms with Gasteiger partial charge in [0.15, 0.2) is 0 Å². The van der Waals surface area contributed by atoms with Gasteiger partial charge in [-0.2, -0.15) is 0 Å². The largest absolute Gasteiger partial charge is 0.465 e. The van der Waals surface area contributed by atoms with E-state index in [2.05, 4.69) is 0 Å². The molecule has 6 nitrogen and oxygen atoms in total. The minimum absolute atomic E-state index is 0.233. The zero-order valence-corrected chi connectivity index (χ0v) is 13.2. The molecule has 0 aliphatic carbocycles. The summed E-state index contributed by atoms with van der Waals surface area (Å²) in [5.41, 5.74) is -0.987. The molecule has 0 radical (unpaired) electrons. The molecule has 0 aliphatic rings. The van der Waals surface area contributed by atoms with E-state index in [1.165, 1.54) is 9.80 Å². The molecule has 0 saturated heterocycles. The average molecular weight is 286 g/mol. The molecule has 6 heteroatoms. The lowest BCUT2D eigenvalue weighted by molar-refractivity contribution is 0.105. The van der Waals surface area contributed by atoms with Gasteiger partial charge in [-0.25, -0.2) is 9.59 Å². The van der Waals surface area contributed by atoms with Crippen LogP contribution >= 0.6 is 0 Å². The molecule has 0 unspecified atom stereocenters. The van der Waals surface area contributed by atoms with E-state index < -0.39 is 23.3 Å². The third-order valence-corrected chi connectivity index (χ3v) is 2.82. The third kappa shape index (κ3) is 5.95. The van der Waals surface area contributed by atoms with Gasteiger partial charge in [-0.3, -0.25) is 9.80 Å². The summed E-state index contributed by atoms with van der Waals surface area (Å²) in [5, 5.41) is 18.2. The molecule has 0 aromatic heterocycles. The maximum atomic E-state index is 11.1. The summed E-state index contributed by atoms with van der Waals surface area (Å²) in [4.78, 5) is 24.9. The number of nitrogens with zero attached hydrogens (tertiary/aromatic N) is 2. The SMILES string of the molecule is CC(C)(C)N(C/C=C/CN(C(=O)O)C(C)(C)C)C(=O)O. The molecule has 0 aromatic carbocycles. The van der Waals surface area contributed by atoms with Crippen molar-refractivity contribution < 1.29 is 19.8 Å². The molecule has 2 N–H and O–H groups in total. The van der Waals surface area contributed by atoms with Gasteiger partial charge >= 0.3 is 12.2 Å². The summed E-state index contributed by atoms with van der Waals surface area (Å²) in [6.45, 7) is 11.3. The van der Waals surface area contributed by atoms with Gasteiger partial charge in [0.05, 0.1) is 0 Å². The van der Waals surface area contributed by atoms with Crippen LogP contribution in [-0.2, 0) is 0 Å². The molecule has 0 fully saturated rings. The first-order valence-electron chi connectivity index (χ1n) is 6.53. The van der Waals surface area contributed by atoms with Crippen LogP contribution in [0.25, 0.3) is 0 Å². The molecule has 0 heterocycles. The first kappa shape index (κ1) is 18.3. The van der Waals surface area contributed by atoms with Crippen molar-refractivity contribution in [2.24, 2.45) is 0 Å². The van der Waals surface area contributed by atoms with Gasteiger partial charge in [-0.15, -0.1) is 0 Å². The fourth-order valence-corrected chi connectivity index (χ4v) is 1.64. The van der Waals surface area contributed by atoms with E-state index in [1.54, 1.807) is 12.2 Å². The summed E-state index contributed by atoms with van der Waals surface area (Å²) in [7, 11) is 0. The Hall–Kier alpha value is -1.72. The van der Waals surface area contributed by atoms with Crippen LogP contribution in [0.4, 0.5) is 9.59 Å². The Labute approximate surface area is 120 Å². The summed E-state index contributed by atoms with van der Waals surface area (Å²) < 4.78 is 0. The molecule has 116 valence electrons. The van der Waals surface area contributed by atoms with Crippen LogP contribution in [0.2, 0.25) is 0 Å². The zero-order valence-electron chi connectivity index (χ0n) is 13.2. The predicted octanol–water partition coefficient (Wildman–Crippen LogP) is 3.10. The maximum Gasteiger partial charge on any atom is 0.408 e. The van der Waals surface area contributed by atoms with E-state index in [1.807, 2.05) is 41.5 Å². The van der Waals surface area contributed by atoms with E-state index in [4.69, 9.17) is 10.2 Å². The Balaban J connectivity index is 4.66. The quantitative estimate of drug-likeness (QED) is 0.778. The second-order valence-electron chi connectivity index (χ2n) is 6.60. The lowest BCUT2D eigenvalue weighted by atomic mass is 10.1. The standard InChI is InChI=1S/C14H26N2O4/c1-13(2,3)15(11(17)18)9-7-8-10-16(12(19)20)14(4,5)6/h7-8H,9-10H2,1-6H3,(H,17,18)(H,19,20)/b8-7+. The smallest absolute Gasteiger partial charge is 0.408 e. The Morgan fingerprint density at radius 1 is 0.800 bits per heavy atom. The molecule has 0 rings (SSSR count). The summed E-state index contributed by atoms with van der Waals surface area (Å²) in [6, 6.07) is 0. The van der Waals surface area contributed by atoms with Gasteiger partial charge < -0.3 is 10.2 Å². The third-order valence-electron chi connectivity index (χ3n) is 2.82. The Bertz CT molecular complexity index is 342. The van der Waals surface area contributed by atoms with Crippen LogP contribution in [-0.4, -0.2) is 56.4 Å². The number of carboxylic acid groups (broad SMARTS) is 2. The van der Waals surface area contributed by atoms with E-state index in [0.717, 1.165) is 0 Å². The van der Waals surface area contributed by atoms with Gasteiger partial charge in [0.2, 0.25) is 0 Å². The van der Waals surface area contributed by atoms with Gasteiger partial charge in [-0.1, -0.05) is 12.2 Å². The zero-order chi connectivity index (χ0) is 16.1. The molecular formula is C14H26N2O4. The van der Waals surface area contributed by atoms with Crippen molar-refractivity contribution in [2.75, 3.05) is 13.1 Å². The van der Waals surface area contributed by atoms with Crippen molar-refractivity contribution in [1.29, 1.82) is 0 Å². The molecule has 0 atom stereocenters. The second kappa shape index (κ2) is 6.63. The summed E-state index contributed by atoms with van der Waals surface area (Å²) in [6.07, 6.45) is 1.38. The van der Waals surface area contributed by atoms with E-state index in [-0.39, 0.29) is 13.1 Å². The van der Waals surface area contributed by atoms with Crippen molar-refractivity contribution in [1.82, 2.24) is 9.80 Å². The van der Waals surface area contributed by atoms with Crippen LogP contribution in [0.3, 0.4) is 0 Å². The first-order chi connectivity index (χ1) is 8.87. The second-order valence-corrected chi connectivity index (χ2v) is 6.60. The normalized spacial score (nSPS) is 12.5. The van der Waals surface area contributed by atoms with Crippen LogP contribution in [0, 0.1) is 0 Å². The van der Waals surface area contributed by atoms with Crippen molar-refractivity contribution in [2.45, 2.75) is 52.6 Å². The monoisotopic (exact) mass is 286 g/mol. The van der Waals surface area contributed by atoms with Crippen molar-refractivity contribution >= 4 is 12.2 Å². The fraction of sp³-hybridized carbons (Fsp3) is 0.714. The summed E-state index contributed by atoms with van der Waals surface area (Å²) in [5.74, 6) is 0. The van der Waals surface area contributed by atoms with Crippen LogP contribution in [0.15, 0.2) is 12.2 Å². The number of carbonyl (C=O) groups is 2. The van der Waals surface area contributed by atoms with Crippen LogP contribution in [0.1, 0.15) is 41.5 Å². The Morgan fingerprint density at radius 2 is 1.05 bits per heavy atom. The molecule has 0 aromatic rings. The highest BCUT2D eigenvalue weighted by atomic mass is 16.4.